The van der Waals surface area contributed by atoms with Crippen LogP contribution in [0.2, 0.25) is 0 Å². The van der Waals surface area contributed by atoms with E-state index in [0.29, 0.717) is 25.7 Å². The van der Waals surface area contributed by atoms with Crippen LogP contribution in [0.3, 0.4) is 0 Å². The predicted molar refractivity (Wildman–Crippen MR) is 377 cm³/mol. The second-order valence-electron chi connectivity index (χ2n) is 26.7. The lowest BCUT2D eigenvalue weighted by molar-refractivity contribution is -0.161. The lowest BCUT2D eigenvalue weighted by Crippen LogP contribution is -2.30. The normalized spacial score (nSPS) is 15.2. The quantitative estimate of drug-likeness (QED) is 0.0169. The first kappa shape index (κ1) is 90.5. The number of allylic oxidation sites excluding steroid dienone is 4. The largest absolute Gasteiger partial charge is 0.472 e. The summed E-state index contributed by atoms with van der Waals surface area (Å²) in [5.41, 5.74) is 0. The molecule has 0 spiro atoms. The van der Waals surface area contributed by atoms with Crippen molar-refractivity contribution < 1.29 is 80.2 Å². The molecule has 0 aliphatic carbocycles. The molecule has 0 heterocycles. The first-order chi connectivity index (χ1) is 44.8. The lowest BCUT2D eigenvalue weighted by atomic mass is 9.99. The maximum Gasteiger partial charge on any atom is 0.472 e. The highest BCUT2D eigenvalue weighted by molar-refractivity contribution is 7.47. The summed E-state index contributed by atoms with van der Waals surface area (Å²) in [6.45, 7) is 11.8. The molecule has 0 aliphatic heterocycles. The van der Waals surface area contributed by atoms with Gasteiger partial charge in [0.1, 0.15) is 19.3 Å². The van der Waals surface area contributed by atoms with E-state index in [-0.39, 0.29) is 25.7 Å². The standard InChI is InChI=1S/C74H140O17P2/c1-8-12-13-14-15-16-17-18-19-23-26-29-32-43-50-57-73(78)90-69(61-84-71(76)55-48-41-36-34-39-46-53-66(6)10-3)63-88-92(80,81)86-59-68(75)60-87-93(82,83)89-64-70(62-85-72(77)56-49-42-37-35-40-47-54-67(7)11-4)91-74(79)58-51-44-33-30-27-24-21-20-22-25-28-31-38-45-52-65(5)9-2/h16-19,65-70,75H,8-15,20-64H2,1-7H3,(H,80,81)(H,82,83)/b17-16-,19-18-/t65?,66?,67?,68-,69-,70-/m1/s1. The summed E-state index contributed by atoms with van der Waals surface area (Å²) in [5.74, 6) is 0.147. The summed E-state index contributed by atoms with van der Waals surface area (Å²) in [5, 5.41) is 10.6. The van der Waals surface area contributed by atoms with Gasteiger partial charge < -0.3 is 33.8 Å². The van der Waals surface area contributed by atoms with E-state index in [2.05, 4.69) is 72.8 Å². The molecule has 0 aliphatic rings. The maximum atomic E-state index is 13.0. The van der Waals surface area contributed by atoms with E-state index < -0.39 is 97.5 Å². The van der Waals surface area contributed by atoms with Crippen LogP contribution in [-0.4, -0.2) is 96.7 Å². The minimum atomic E-state index is -4.96. The number of unbranched alkanes of at least 4 members (excludes halogenated alkanes) is 32. The Balaban J connectivity index is 5.26. The van der Waals surface area contributed by atoms with Crippen molar-refractivity contribution in [2.45, 2.75) is 369 Å². The van der Waals surface area contributed by atoms with Crippen molar-refractivity contribution in [1.29, 1.82) is 0 Å². The van der Waals surface area contributed by atoms with Crippen LogP contribution in [0.1, 0.15) is 350 Å². The molecule has 0 fully saturated rings. The van der Waals surface area contributed by atoms with Crippen LogP contribution >= 0.6 is 15.6 Å². The Kier molecular flexibility index (Phi) is 62.5. The highest BCUT2D eigenvalue weighted by Crippen LogP contribution is 2.45. The van der Waals surface area contributed by atoms with Crippen LogP contribution in [0.15, 0.2) is 24.3 Å². The van der Waals surface area contributed by atoms with E-state index in [4.69, 9.17) is 37.0 Å². The average molecular weight is 1360 g/mol. The van der Waals surface area contributed by atoms with Crippen LogP contribution in [0.5, 0.6) is 0 Å². The van der Waals surface area contributed by atoms with E-state index in [1.54, 1.807) is 0 Å². The molecule has 0 saturated heterocycles. The Morgan fingerprint density at radius 1 is 0.344 bits per heavy atom. The van der Waals surface area contributed by atoms with Crippen molar-refractivity contribution in [1.82, 2.24) is 0 Å². The van der Waals surface area contributed by atoms with Gasteiger partial charge in [-0.3, -0.25) is 37.3 Å². The summed E-state index contributed by atoms with van der Waals surface area (Å²) < 4.78 is 68.4. The molecule has 0 saturated carbocycles. The summed E-state index contributed by atoms with van der Waals surface area (Å²) in [6.07, 6.45) is 52.2. The molecule has 0 amide bonds. The maximum absolute atomic E-state index is 13.0. The van der Waals surface area contributed by atoms with Crippen molar-refractivity contribution in [3.8, 4) is 0 Å². The minimum Gasteiger partial charge on any atom is -0.462 e. The smallest absolute Gasteiger partial charge is 0.462 e. The molecule has 5 unspecified atom stereocenters. The molecule has 8 atom stereocenters. The fraction of sp³-hybridized carbons (Fsp3) is 0.892. The van der Waals surface area contributed by atoms with Crippen molar-refractivity contribution in [2.24, 2.45) is 17.8 Å². The third kappa shape index (κ3) is 64.0. The van der Waals surface area contributed by atoms with E-state index in [0.717, 1.165) is 133 Å². The monoisotopic (exact) mass is 1360 g/mol. The molecule has 0 aromatic carbocycles. The number of phosphoric ester groups is 2. The first-order valence-corrected chi connectivity index (χ1v) is 40.8. The van der Waals surface area contributed by atoms with Crippen molar-refractivity contribution in [3.05, 3.63) is 24.3 Å². The zero-order valence-electron chi connectivity index (χ0n) is 60.2. The number of esters is 4. The Morgan fingerprint density at radius 2 is 0.602 bits per heavy atom. The van der Waals surface area contributed by atoms with Gasteiger partial charge in [-0.1, -0.05) is 297 Å². The van der Waals surface area contributed by atoms with Crippen molar-refractivity contribution >= 4 is 39.5 Å². The third-order valence-corrected chi connectivity index (χ3v) is 19.5. The first-order valence-electron chi connectivity index (χ1n) is 37.8. The second-order valence-corrected chi connectivity index (χ2v) is 29.6. The number of hydrogen-bond donors (Lipinski definition) is 3. The fourth-order valence-electron chi connectivity index (χ4n) is 10.6. The molecule has 0 aromatic rings. The zero-order valence-corrected chi connectivity index (χ0v) is 62.0. The Hall–Kier alpha value is -2.46. The molecule has 3 N–H and O–H groups in total. The van der Waals surface area contributed by atoms with Gasteiger partial charge in [-0.05, 0) is 69.1 Å². The van der Waals surface area contributed by atoms with Gasteiger partial charge in [0.15, 0.2) is 12.2 Å². The summed E-state index contributed by atoms with van der Waals surface area (Å²) in [7, 11) is -9.92. The molecular formula is C74H140O17P2. The molecule has 0 aromatic heterocycles. The predicted octanol–water partition coefficient (Wildman–Crippen LogP) is 21.0. The van der Waals surface area contributed by atoms with Gasteiger partial charge in [-0.2, -0.15) is 0 Å². The Labute approximate surface area is 567 Å². The third-order valence-electron chi connectivity index (χ3n) is 17.6. The van der Waals surface area contributed by atoms with E-state index in [9.17, 15) is 43.2 Å². The van der Waals surface area contributed by atoms with Gasteiger partial charge in [-0.15, -0.1) is 0 Å². The topological polar surface area (TPSA) is 237 Å². The van der Waals surface area contributed by atoms with Crippen molar-refractivity contribution in [2.75, 3.05) is 39.6 Å². The number of carbonyl (C=O) groups excluding carboxylic acids is 4. The number of aliphatic hydroxyl groups excluding tert-OH is 1. The molecule has 17 nitrogen and oxygen atoms in total. The highest BCUT2D eigenvalue weighted by Gasteiger charge is 2.30. The summed E-state index contributed by atoms with van der Waals surface area (Å²) in [4.78, 5) is 72.7. The number of rotatable bonds is 70. The number of aliphatic hydroxyl groups is 1. The molecule has 0 radical (unpaired) electrons. The SMILES string of the molecule is CCCCCC/C=C\C=C/CCCCCCCC(=O)O[C@H](COC(=O)CCCCCCCCC(C)CC)COP(=O)(O)OC[C@@H](O)COP(=O)(O)OC[C@@H](COC(=O)CCCCCCCCC(C)CC)OC(=O)CCCCCCCCCCCCCCCCC(C)CC. The molecular weight excluding hydrogens is 1220 g/mol. The van der Waals surface area contributed by atoms with E-state index in [1.165, 1.54) is 135 Å². The second kappa shape index (κ2) is 64.2. The summed E-state index contributed by atoms with van der Waals surface area (Å²) in [6, 6.07) is 0. The van der Waals surface area contributed by atoms with Gasteiger partial charge in [0, 0.05) is 25.7 Å². The van der Waals surface area contributed by atoms with Gasteiger partial charge in [0.25, 0.3) is 0 Å². The Bertz CT molecular complexity index is 1920. The van der Waals surface area contributed by atoms with Crippen LogP contribution < -0.4 is 0 Å². The summed E-state index contributed by atoms with van der Waals surface area (Å²) >= 11 is 0. The molecule has 548 valence electrons. The Morgan fingerprint density at radius 3 is 0.903 bits per heavy atom. The average Bonchev–Trinajstić information content (AvgIpc) is 3.25. The molecule has 0 bridgehead atoms. The van der Waals surface area contributed by atoms with Gasteiger partial charge in [0.05, 0.1) is 26.4 Å². The van der Waals surface area contributed by atoms with Crippen molar-refractivity contribution in [3.63, 3.8) is 0 Å². The van der Waals surface area contributed by atoms with E-state index in [1.807, 2.05) is 0 Å². The van der Waals surface area contributed by atoms with Gasteiger partial charge in [0.2, 0.25) is 0 Å². The number of carbonyl (C=O) groups is 4. The fourth-order valence-corrected chi connectivity index (χ4v) is 12.2. The molecule has 93 heavy (non-hydrogen) atoms. The van der Waals surface area contributed by atoms with Crippen LogP contribution in [0, 0.1) is 17.8 Å². The number of hydrogen-bond acceptors (Lipinski definition) is 15. The minimum absolute atomic E-state index is 0.0837. The van der Waals surface area contributed by atoms with E-state index >= 15 is 0 Å². The lowest BCUT2D eigenvalue weighted by Gasteiger charge is -2.21. The molecule has 19 heteroatoms. The van der Waals surface area contributed by atoms with Crippen LogP contribution in [-0.2, 0) is 65.4 Å². The van der Waals surface area contributed by atoms with Gasteiger partial charge >= 0.3 is 39.5 Å². The van der Waals surface area contributed by atoms with Gasteiger partial charge in [-0.25, -0.2) is 9.13 Å². The number of ether oxygens (including phenoxy) is 4. The zero-order chi connectivity index (χ0) is 68.7. The van der Waals surface area contributed by atoms with Crippen LogP contribution in [0.25, 0.3) is 0 Å². The highest BCUT2D eigenvalue weighted by atomic mass is 31.2. The number of phosphoric acid groups is 2. The molecule has 0 rings (SSSR count). The van der Waals surface area contributed by atoms with Crippen LogP contribution in [0.4, 0.5) is 0 Å².